The number of carbonyl (C=O) groups excluding carboxylic acids is 2. The summed E-state index contributed by atoms with van der Waals surface area (Å²) >= 11 is 1.23. The molecule has 2 N–H and O–H groups in total. The number of nitrogens with one attached hydrogen (secondary N) is 2. The van der Waals surface area contributed by atoms with E-state index in [1.807, 2.05) is 72.8 Å². The molecule has 2 amide bonds. The molecule has 0 aliphatic rings. The predicted octanol–water partition coefficient (Wildman–Crippen LogP) is 4.13. The summed E-state index contributed by atoms with van der Waals surface area (Å²) in [6.45, 7) is 3.45. The minimum absolute atomic E-state index is 0.275. The van der Waals surface area contributed by atoms with E-state index in [0.717, 1.165) is 11.1 Å². The Kier molecular flexibility index (Phi) is 10.5. The summed E-state index contributed by atoms with van der Waals surface area (Å²) in [7, 11) is 0. The molecule has 31 heavy (non-hydrogen) atoms. The van der Waals surface area contributed by atoms with E-state index in [0.29, 0.717) is 0 Å². The molecule has 0 bridgehead atoms. The number of allylic oxidation sites excluding steroid dienone is 2. The first-order chi connectivity index (χ1) is 15.1. The number of benzene rings is 2. The van der Waals surface area contributed by atoms with E-state index >= 15 is 0 Å². The van der Waals surface area contributed by atoms with Gasteiger partial charge in [0.2, 0.25) is 0 Å². The third-order valence-electron chi connectivity index (χ3n) is 3.99. The first-order valence-corrected chi connectivity index (χ1v) is 10.8. The topological polar surface area (TPSA) is 82.9 Å². The quantitative estimate of drug-likeness (QED) is 0.436. The van der Waals surface area contributed by atoms with Crippen molar-refractivity contribution in [3.63, 3.8) is 0 Å². The van der Waals surface area contributed by atoms with Crippen molar-refractivity contribution in [2.75, 3.05) is 0 Å². The number of carbonyl (C=O) groups is 2. The van der Waals surface area contributed by atoms with Crippen molar-refractivity contribution >= 4 is 48.2 Å². The van der Waals surface area contributed by atoms with Crippen LogP contribution in [0.1, 0.15) is 25.0 Å². The number of amides is 2. The molecule has 0 spiro atoms. The van der Waals surface area contributed by atoms with Gasteiger partial charge in [-0.1, -0.05) is 72.8 Å². The molecule has 0 heterocycles. The largest absolute Gasteiger partial charge is 0.272 e. The Balaban J connectivity index is 1.69. The van der Waals surface area contributed by atoms with Crippen LogP contribution in [0.3, 0.4) is 0 Å². The highest BCUT2D eigenvalue weighted by Crippen LogP contribution is 2.17. The van der Waals surface area contributed by atoms with Crippen LogP contribution >= 0.6 is 11.8 Å². The van der Waals surface area contributed by atoms with Gasteiger partial charge in [-0.3, -0.25) is 9.59 Å². The molecule has 7 heteroatoms. The second-order valence-electron chi connectivity index (χ2n) is 6.47. The van der Waals surface area contributed by atoms with E-state index in [1.165, 1.54) is 24.2 Å². The van der Waals surface area contributed by atoms with Gasteiger partial charge in [0, 0.05) is 12.4 Å². The van der Waals surface area contributed by atoms with Crippen LogP contribution < -0.4 is 10.9 Å². The van der Waals surface area contributed by atoms with Gasteiger partial charge in [0.05, 0.1) is 10.5 Å². The van der Waals surface area contributed by atoms with Crippen LogP contribution in [-0.4, -0.2) is 34.7 Å². The molecule has 2 rings (SSSR count). The minimum atomic E-state index is -0.446. The zero-order valence-corrected chi connectivity index (χ0v) is 18.3. The van der Waals surface area contributed by atoms with Gasteiger partial charge in [-0.05, 0) is 37.1 Å². The van der Waals surface area contributed by atoms with Crippen LogP contribution in [0.2, 0.25) is 0 Å². The Morgan fingerprint density at radius 1 is 0.742 bits per heavy atom. The Morgan fingerprint density at radius 2 is 1.13 bits per heavy atom. The molecule has 2 aromatic carbocycles. The average Bonchev–Trinajstić information content (AvgIpc) is 2.79. The summed E-state index contributed by atoms with van der Waals surface area (Å²) < 4.78 is 0. The Labute approximate surface area is 187 Å². The molecule has 0 aromatic heterocycles. The molecule has 0 aliphatic carbocycles. The van der Waals surface area contributed by atoms with Crippen LogP contribution in [0.5, 0.6) is 0 Å². The van der Waals surface area contributed by atoms with Gasteiger partial charge in [0.25, 0.3) is 11.8 Å². The molecular weight excluding hydrogens is 408 g/mol. The van der Waals surface area contributed by atoms with Gasteiger partial charge in [-0.15, -0.1) is 11.8 Å². The van der Waals surface area contributed by atoms with E-state index in [1.54, 1.807) is 26.0 Å². The van der Waals surface area contributed by atoms with Gasteiger partial charge < -0.3 is 0 Å². The van der Waals surface area contributed by atoms with Crippen molar-refractivity contribution in [1.82, 2.24) is 10.9 Å². The summed E-state index contributed by atoms with van der Waals surface area (Å²) in [5.41, 5.74) is 7.04. The highest BCUT2D eigenvalue weighted by atomic mass is 32.2. The minimum Gasteiger partial charge on any atom is -0.272 e. The summed E-state index contributed by atoms with van der Waals surface area (Å²) in [5, 5.41) is 6.90. The second kappa shape index (κ2) is 13.7. The summed E-state index contributed by atoms with van der Waals surface area (Å²) in [6, 6.07) is 19.6. The molecule has 2 atom stereocenters. The first-order valence-electron chi connectivity index (χ1n) is 9.81. The molecular formula is C24H26N4O2S. The number of hydrogen-bond acceptors (Lipinski definition) is 5. The van der Waals surface area contributed by atoms with Crippen molar-refractivity contribution < 1.29 is 9.59 Å². The Morgan fingerprint density at radius 3 is 1.52 bits per heavy atom. The smallest absolute Gasteiger partial charge is 0.252 e. The molecule has 6 nitrogen and oxygen atoms in total. The predicted molar refractivity (Wildman–Crippen MR) is 131 cm³/mol. The highest BCUT2D eigenvalue weighted by Gasteiger charge is 2.21. The van der Waals surface area contributed by atoms with Crippen molar-refractivity contribution in [2.24, 2.45) is 10.2 Å². The standard InChI is InChI=1S/C24H26N4O2S/c1-19(23(29)27-25-17-9-15-21-11-5-3-6-12-21)31-20(2)24(30)28-26-18-10-16-22-13-7-4-8-14-22/h3-20H,1-2H3,(H,27,29)(H,28,30)/b15-9-,16-10-,25-17+,26-18+/t19-,20-/m0/s1. The van der Waals surface area contributed by atoms with E-state index in [-0.39, 0.29) is 11.8 Å². The van der Waals surface area contributed by atoms with Crippen molar-refractivity contribution in [3.8, 4) is 0 Å². The number of rotatable bonds is 10. The molecule has 0 saturated heterocycles. The van der Waals surface area contributed by atoms with Crippen LogP contribution in [0.15, 0.2) is 83.0 Å². The highest BCUT2D eigenvalue weighted by molar-refractivity contribution is 8.01. The molecule has 0 radical (unpaired) electrons. The fourth-order valence-corrected chi connectivity index (χ4v) is 3.30. The van der Waals surface area contributed by atoms with E-state index < -0.39 is 10.5 Å². The van der Waals surface area contributed by atoms with Gasteiger partial charge in [0.1, 0.15) is 0 Å². The summed E-state index contributed by atoms with van der Waals surface area (Å²) in [4.78, 5) is 24.3. The number of hydrogen-bond donors (Lipinski definition) is 2. The summed E-state index contributed by atoms with van der Waals surface area (Å²) in [5.74, 6) is -0.549. The molecule has 160 valence electrons. The Hall–Kier alpha value is -3.45. The van der Waals surface area contributed by atoms with Gasteiger partial charge in [-0.2, -0.15) is 10.2 Å². The van der Waals surface area contributed by atoms with E-state index in [2.05, 4.69) is 21.1 Å². The lowest BCUT2D eigenvalue weighted by molar-refractivity contribution is -0.120. The first kappa shape index (κ1) is 23.8. The third-order valence-corrected chi connectivity index (χ3v) is 5.24. The SMILES string of the molecule is C[C@H](S[C@@H](C)C(=O)N/N=C/C=C\c1ccccc1)C(=O)N/N=C/C=C\c1ccccc1. The maximum absolute atomic E-state index is 12.1. The summed E-state index contributed by atoms with van der Waals surface area (Å²) in [6.07, 6.45) is 10.3. The molecule has 0 saturated carbocycles. The molecule has 0 fully saturated rings. The normalized spacial score (nSPS) is 13.7. The van der Waals surface area contributed by atoms with Gasteiger partial charge in [-0.25, -0.2) is 10.9 Å². The van der Waals surface area contributed by atoms with Crippen molar-refractivity contribution in [1.29, 1.82) is 0 Å². The van der Waals surface area contributed by atoms with Crippen molar-refractivity contribution in [3.05, 3.63) is 83.9 Å². The average molecular weight is 435 g/mol. The van der Waals surface area contributed by atoms with Crippen LogP contribution in [-0.2, 0) is 9.59 Å². The third kappa shape index (κ3) is 9.73. The zero-order valence-electron chi connectivity index (χ0n) is 17.5. The molecule has 0 aliphatic heterocycles. The van der Waals surface area contributed by atoms with Crippen LogP contribution in [0.25, 0.3) is 12.2 Å². The zero-order chi connectivity index (χ0) is 22.3. The van der Waals surface area contributed by atoms with Crippen molar-refractivity contribution in [2.45, 2.75) is 24.3 Å². The maximum atomic E-state index is 12.1. The Bertz CT molecular complexity index is 863. The van der Waals surface area contributed by atoms with Gasteiger partial charge >= 0.3 is 0 Å². The van der Waals surface area contributed by atoms with Crippen LogP contribution in [0.4, 0.5) is 0 Å². The number of nitrogens with zero attached hydrogens (tertiary/aromatic N) is 2. The monoisotopic (exact) mass is 434 g/mol. The second-order valence-corrected chi connectivity index (χ2v) is 8.15. The van der Waals surface area contributed by atoms with Crippen LogP contribution in [0, 0.1) is 0 Å². The molecule has 0 unspecified atom stereocenters. The lowest BCUT2D eigenvalue weighted by Crippen LogP contribution is -2.33. The number of hydrazone groups is 2. The fourth-order valence-electron chi connectivity index (χ4n) is 2.34. The maximum Gasteiger partial charge on any atom is 0.252 e. The van der Waals surface area contributed by atoms with E-state index in [9.17, 15) is 9.59 Å². The molecule has 2 aromatic rings. The fraction of sp³-hybridized carbons (Fsp3) is 0.167. The lowest BCUT2D eigenvalue weighted by atomic mass is 10.2. The number of thioether (sulfide) groups is 1. The van der Waals surface area contributed by atoms with Gasteiger partial charge in [0.15, 0.2) is 0 Å². The van der Waals surface area contributed by atoms with E-state index in [4.69, 9.17) is 0 Å². The lowest BCUT2D eigenvalue weighted by Gasteiger charge is -2.14.